The molecule has 1 unspecified atom stereocenters. The third-order valence-corrected chi connectivity index (χ3v) is 10.6. The molecule has 0 bridgehead atoms. The lowest BCUT2D eigenvalue weighted by atomic mass is 9.91. The number of fused-ring (bicyclic) bond motifs is 1. The number of alkyl halides is 3. The fraction of sp³-hybridized carbons (Fsp3) is 0.308. The molecule has 1 aliphatic heterocycles. The molecule has 0 saturated heterocycles. The smallest absolute Gasteiger partial charge is 0.389 e. The van der Waals surface area contributed by atoms with Crippen LogP contribution in [-0.4, -0.2) is 39.5 Å². The maximum atomic E-state index is 12.9. The molecule has 49 heavy (non-hydrogen) atoms. The number of carbonyl (C=O) groups excluding carboxylic acids is 1. The molecule has 0 spiro atoms. The minimum Gasteiger partial charge on any atom is -0.466 e. The highest BCUT2D eigenvalue weighted by atomic mass is 32.2. The van der Waals surface area contributed by atoms with Crippen LogP contribution in [0.1, 0.15) is 60.4 Å². The van der Waals surface area contributed by atoms with Crippen LogP contribution in [0.15, 0.2) is 90.0 Å². The Hall–Kier alpha value is -4.57. The summed E-state index contributed by atoms with van der Waals surface area (Å²) in [6.07, 6.45) is -1.20. The predicted molar refractivity (Wildman–Crippen MR) is 187 cm³/mol. The van der Waals surface area contributed by atoms with Crippen molar-refractivity contribution in [3.8, 4) is 22.6 Å². The first-order valence-corrected chi connectivity index (χ1v) is 18.0. The molecule has 6 nitrogen and oxygen atoms in total. The van der Waals surface area contributed by atoms with Gasteiger partial charge < -0.3 is 14.4 Å². The van der Waals surface area contributed by atoms with Crippen molar-refractivity contribution in [2.75, 3.05) is 23.8 Å². The number of rotatable bonds is 12. The monoisotopic (exact) mass is 691 g/mol. The zero-order chi connectivity index (χ0) is 35.3. The average Bonchev–Trinajstić information content (AvgIpc) is 3.49. The van der Waals surface area contributed by atoms with E-state index in [1.54, 1.807) is 38.1 Å². The zero-order valence-electron chi connectivity index (χ0n) is 28.0. The summed E-state index contributed by atoms with van der Waals surface area (Å²) in [6.45, 7) is 8.12. The van der Waals surface area contributed by atoms with Crippen molar-refractivity contribution in [3.63, 3.8) is 0 Å². The SMILES string of the molecule is CCOC(=O)C(CCC(F)(F)F)c1ccc(-c2ccc(Oc3ccc4c(c3C)CCN4C=Cc3ccccc3S(=O)(=O)CC)cc2C)cc1. The number of halogens is 3. The third kappa shape index (κ3) is 8.36. The molecular weight excluding hydrogens is 651 g/mol. The van der Waals surface area contributed by atoms with Gasteiger partial charge in [0, 0.05) is 24.9 Å². The van der Waals surface area contributed by atoms with E-state index in [-0.39, 0.29) is 18.8 Å². The second-order valence-corrected chi connectivity index (χ2v) is 14.3. The summed E-state index contributed by atoms with van der Waals surface area (Å²) in [4.78, 5) is 14.9. The Labute approximate surface area is 286 Å². The number of aryl methyl sites for hydroxylation is 1. The van der Waals surface area contributed by atoms with Gasteiger partial charge in [0.15, 0.2) is 9.84 Å². The van der Waals surface area contributed by atoms with Crippen molar-refractivity contribution in [3.05, 3.63) is 113 Å². The molecular formula is C39H40F3NO5S. The molecule has 0 N–H and O–H groups in total. The first kappa shape index (κ1) is 35.7. The van der Waals surface area contributed by atoms with Crippen molar-refractivity contribution < 1.29 is 35.9 Å². The van der Waals surface area contributed by atoms with E-state index in [4.69, 9.17) is 9.47 Å². The average molecular weight is 692 g/mol. The second-order valence-electron chi connectivity index (χ2n) is 12.0. The molecule has 10 heteroatoms. The van der Waals surface area contributed by atoms with E-state index in [9.17, 15) is 26.4 Å². The van der Waals surface area contributed by atoms with Crippen molar-refractivity contribution in [2.45, 2.75) is 63.9 Å². The summed E-state index contributed by atoms with van der Waals surface area (Å²) in [5.74, 6) is -0.206. The molecule has 0 saturated carbocycles. The number of esters is 1. The molecule has 0 aliphatic carbocycles. The number of anilines is 1. The van der Waals surface area contributed by atoms with Gasteiger partial charge in [-0.15, -0.1) is 0 Å². The van der Waals surface area contributed by atoms with Crippen LogP contribution in [0.2, 0.25) is 0 Å². The molecule has 1 heterocycles. The van der Waals surface area contributed by atoms with Crippen molar-refractivity contribution in [1.82, 2.24) is 0 Å². The Bertz CT molecular complexity index is 1950. The van der Waals surface area contributed by atoms with Gasteiger partial charge >= 0.3 is 12.1 Å². The number of nitrogens with zero attached hydrogens (tertiary/aromatic N) is 1. The number of carbonyl (C=O) groups is 1. The van der Waals surface area contributed by atoms with Gasteiger partial charge in [-0.3, -0.25) is 4.79 Å². The van der Waals surface area contributed by atoms with Gasteiger partial charge in [-0.05, 0) is 109 Å². The standard InChI is InChI=1S/C39H40F3NO5S/c1-5-47-38(44)34(19-22-39(40,41)42)29-13-11-28(12-14-29)32-16-15-31(25-26(32)3)48-36-18-17-35-33(27(36)4)21-24-43(35)23-20-30-9-7-8-10-37(30)49(45,46)6-2/h7-18,20,23,25,34H,5-6,19,21-22,24H2,1-4H3. The highest BCUT2D eigenvalue weighted by Crippen LogP contribution is 2.39. The van der Waals surface area contributed by atoms with Crippen LogP contribution in [0.4, 0.5) is 18.9 Å². The van der Waals surface area contributed by atoms with E-state index in [1.807, 2.05) is 80.7 Å². The van der Waals surface area contributed by atoms with Gasteiger partial charge in [-0.1, -0.05) is 55.5 Å². The summed E-state index contributed by atoms with van der Waals surface area (Å²) < 4.78 is 75.3. The van der Waals surface area contributed by atoms with E-state index in [2.05, 4.69) is 4.90 Å². The summed E-state index contributed by atoms with van der Waals surface area (Å²) in [5, 5.41) is 0. The van der Waals surface area contributed by atoms with Crippen LogP contribution in [0.25, 0.3) is 17.2 Å². The second kappa shape index (κ2) is 14.9. The highest BCUT2D eigenvalue weighted by molar-refractivity contribution is 7.91. The lowest BCUT2D eigenvalue weighted by molar-refractivity contribution is -0.149. The number of ether oxygens (including phenoxy) is 2. The largest absolute Gasteiger partial charge is 0.466 e. The van der Waals surface area contributed by atoms with Crippen LogP contribution < -0.4 is 9.64 Å². The van der Waals surface area contributed by atoms with Crippen LogP contribution in [-0.2, 0) is 25.8 Å². The Morgan fingerprint density at radius 1 is 0.980 bits per heavy atom. The fourth-order valence-corrected chi connectivity index (χ4v) is 7.26. The molecule has 4 aromatic rings. The molecule has 4 aromatic carbocycles. The normalized spacial score (nSPS) is 13.8. The minimum absolute atomic E-state index is 0.0393. The quantitative estimate of drug-likeness (QED) is 0.138. The van der Waals surface area contributed by atoms with E-state index >= 15 is 0 Å². The minimum atomic E-state index is -4.36. The fourth-order valence-electron chi connectivity index (χ4n) is 6.17. The number of hydrogen-bond acceptors (Lipinski definition) is 6. The Morgan fingerprint density at radius 3 is 2.39 bits per heavy atom. The molecule has 0 aromatic heterocycles. The zero-order valence-corrected chi connectivity index (χ0v) is 28.8. The molecule has 1 atom stereocenters. The van der Waals surface area contributed by atoms with Gasteiger partial charge in [-0.25, -0.2) is 8.42 Å². The van der Waals surface area contributed by atoms with E-state index in [0.29, 0.717) is 21.8 Å². The molecule has 0 amide bonds. The van der Waals surface area contributed by atoms with Crippen molar-refractivity contribution >= 4 is 27.6 Å². The highest BCUT2D eigenvalue weighted by Gasteiger charge is 2.32. The Balaban J connectivity index is 1.30. The molecule has 1 aliphatic rings. The topological polar surface area (TPSA) is 72.9 Å². The molecule has 0 radical (unpaired) electrons. The van der Waals surface area contributed by atoms with Gasteiger partial charge in [0.05, 0.1) is 23.2 Å². The van der Waals surface area contributed by atoms with Gasteiger partial charge in [0.2, 0.25) is 0 Å². The summed E-state index contributed by atoms with van der Waals surface area (Å²) in [7, 11) is -3.35. The predicted octanol–water partition coefficient (Wildman–Crippen LogP) is 9.58. The molecule has 5 rings (SSSR count). The van der Waals surface area contributed by atoms with E-state index in [0.717, 1.165) is 46.7 Å². The maximum Gasteiger partial charge on any atom is 0.389 e. The molecule has 0 fully saturated rings. The van der Waals surface area contributed by atoms with Crippen LogP contribution in [0, 0.1) is 13.8 Å². The number of benzene rings is 4. The van der Waals surface area contributed by atoms with Crippen molar-refractivity contribution in [1.29, 1.82) is 0 Å². The Kier molecular flexibility index (Phi) is 10.9. The van der Waals surface area contributed by atoms with Gasteiger partial charge in [0.1, 0.15) is 11.5 Å². The third-order valence-electron chi connectivity index (χ3n) is 8.84. The van der Waals surface area contributed by atoms with Crippen LogP contribution in [0.3, 0.4) is 0 Å². The first-order chi connectivity index (χ1) is 23.3. The van der Waals surface area contributed by atoms with Crippen molar-refractivity contribution in [2.24, 2.45) is 0 Å². The Morgan fingerprint density at radius 2 is 1.71 bits per heavy atom. The number of sulfone groups is 1. The molecule has 258 valence electrons. The lowest BCUT2D eigenvalue weighted by Gasteiger charge is -2.18. The summed E-state index contributed by atoms with van der Waals surface area (Å²) in [5.41, 5.74) is 7.14. The maximum absolute atomic E-state index is 12.9. The first-order valence-electron chi connectivity index (χ1n) is 16.3. The van der Waals surface area contributed by atoms with E-state index < -0.39 is 34.3 Å². The van der Waals surface area contributed by atoms with Crippen LogP contribution in [0.5, 0.6) is 11.5 Å². The number of hydrogen-bond donors (Lipinski definition) is 0. The summed E-state index contributed by atoms with van der Waals surface area (Å²) >= 11 is 0. The van der Waals surface area contributed by atoms with Crippen LogP contribution >= 0.6 is 0 Å². The summed E-state index contributed by atoms with van der Waals surface area (Å²) in [6, 6.07) is 23.7. The van der Waals surface area contributed by atoms with Gasteiger partial charge in [-0.2, -0.15) is 13.2 Å². The lowest BCUT2D eigenvalue weighted by Crippen LogP contribution is -2.19. The van der Waals surface area contributed by atoms with Gasteiger partial charge in [0.25, 0.3) is 0 Å². The van der Waals surface area contributed by atoms with E-state index in [1.165, 1.54) is 5.56 Å².